The van der Waals surface area contributed by atoms with Crippen molar-refractivity contribution in [2.75, 3.05) is 13.7 Å². The van der Waals surface area contributed by atoms with E-state index in [1.807, 2.05) is 6.92 Å². The molecule has 0 fully saturated rings. The number of benzene rings is 2. The molecule has 0 unspecified atom stereocenters. The molecule has 0 bridgehead atoms. The second-order valence-electron chi connectivity index (χ2n) is 5.14. The fraction of sp³-hybridized carbons (Fsp3) is 0.222. The smallest absolute Gasteiger partial charge is 0.186 e. The van der Waals surface area contributed by atoms with E-state index in [1.54, 1.807) is 36.5 Å². The quantitative estimate of drug-likeness (QED) is 0.423. The molecule has 0 spiro atoms. The Morgan fingerprint density at radius 2 is 2.12 bits per heavy atom. The van der Waals surface area contributed by atoms with E-state index in [9.17, 15) is 4.39 Å². The van der Waals surface area contributed by atoms with Crippen LogP contribution in [0, 0.1) is 5.82 Å². The van der Waals surface area contributed by atoms with Crippen molar-refractivity contribution in [3.05, 3.63) is 58.4 Å². The van der Waals surface area contributed by atoms with Gasteiger partial charge >= 0.3 is 0 Å². The minimum absolute atomic E-state index is 0.0364. The highest BCUT2D eigenvalue weighted by atomic mass is 35.5. The Hall–Kier alpha value is -2.38. The Labute approximate surface area is 162 Å². The first-order valence-electron chi connectivity index (χ1n) is 7.85. The molecule has 2 N–H and O–H groups in total. The van der Waals surface area contributed by atoms with Crippen molar-refractivity contribution in [2.45, 2.75) is 13.5 Å². The van der Waals surface area contributed by atoms with Crippen LogP contribution in [0.4, 0.5) is 4.39 Å². The maximum absolute atomic E-state index is 13.7. The number of halogens is 2. The van der Waals surface area contributed by atoms with Gasteiger partial charge in [-0.1, -0.05) is 29.8 Å². The summed E-state index contributed by atoms with van der Waals surface area (Å²) in [4.78, 5) is 0. The molecule has 2 aromatic carbocycles. The molecule has 0 radical (unpaired) electrons. The van der Waals surface area contributed by atoms with Crippen molar-refractivity contribution in [2.24, 2.45) is 5.10 Å². The number of nitrogens with one attached hydrogen (secondary N) is 2. The van der Waals surface area contributed by atoms with E-state index in [4.69, 9.17) is 33.3 Å². The summed E-state index contributed by atoms with van der Waals surface area (Å²) in [5.74, 6) is 0.421. The van der Waals surface area contributed by atoms with Crippen molar-refractivity contribution in [1.82, 2.24) is 10.7 Å². The highest BCUT2D eigenvalue weighted by Crippen LogP contribution is 2.36. The van der Waals surface area contributed by atoms with Gasteiger partial charge in [-0.2, -0.15) is 5.10 Å². The highest BCUT2D eigenvalue weighted by molar-refractivity contribution is 7.80. The Balaban J connectivity index is 2.12. The zero-order valence-electron chi connectivity index (χ0n) is 14.4. The van der Waals surface area contributed by atoms with Gasteiger partial charge in [-0.05, 0) is 42.9 Å². The molecule has 5 nitrogen and oxygen atoms in total. The minimum Gasteiger partial charge on any atom is -0.493 e. The average molecular weight is 396 g/mol. The predicted octanol–water partition coefficient (Wildman–Crippen LogP) is 3.88. The Morgan fingerprint density at radius 3 is 2.81 bits per heavy atom. The van der Waals surface area contributed by atoms with Gasteiger partial charge in [0.05, 0.1) is 18.3 Å². The first kappa shape index (κ1) is 19.9. The third kappa shape index (κ3) is 5.57. The van der Waals surface area contributed by atoms with E-state index in [0.717, 1.165) is 0 Å². The third-order valence-corrected chi connectivity index (χ3v) is 3.82. The van der Waals surface area contributed by atoms with E-state index in [2.05, 4.69) is 15.8 Å². The summed E-state index contributed by atoms with van der Waals surface area (Å²) >= 11 is 11.3. The summed E-state index contributed by atoms with van der Waals surface area (Å²) < 4.78 is 24.7. The van der Waals surface area contributed by atoms with Gasteiger partial charge in [-0.25, -0.2) is 4.39 Å². The zero-order valence-corrected chi connectivity index (χ0v) is 16.0. The van der Waals surface area contributed by atoms with Crippen LogP contribution in [0.2, 0.25) is 5.02 Å². The number of thiocarbonyl (C=S) groups is 1. The van der Waals surface area contributed by atoms with Crippen LogP contribution in [0.15, 0.2) is 41.5 Å². The van der Waals surface area contributed by atoms with Crippen LogP contribution in [0.1, 0.15) is 18.1 Å². The Morgan fingerprint density at radius 1 is 1.35 bits per heavy atom. The lowest BCUT2D eigenvalue weighted by atomic mass is 10.2. The standard InChI is InChI=1S/C18H19ClFN3O2S/c1-3-21-18(26)23-22-10-12-8-14(19)17(16(9-12)24-2)25-11-13-6-4-5-7-15(13)20/h4-10H,3,11H2,1-2H3,(H2,21,23,26)/b22-10+. The topological polar surface area (TPSA) is 54.9 Å². The Kier molecular flexibility index (Phi) is 7.62. The fourth-order valence-electron chi connectivity index (χ4n) is 2.09. The minimum atomic E-state index is -0.339. The number of hydrogen-bond donors (Lipinski definition) is 2. The lowest BCUT2D eigenvalue weighted by molar-refractivity contribution is 0.280. The molecule has 0 atom stereocenters. The van der Waals surface area contributed by atoms with Crippen LogP contribution in [0.3, 0.4) is 0 Å². The van der Waals surface area contributed by atoms with Gasteiger partial charge < -0.3 is 14.8 Å². The molecule has 0 saturated heterocycles. The molecule has 0 aliphatic heterocycles. The lowest BCUT2D eigenvalue weighted by Gasteiger charge is -2.13. The van der Waals surface area contributed by atoms with Gasteiger partial charge in [0.2, 0.25) is 0 Å². The maximum atomic E-state index is 13.7. The molecule has 2 aromatic rings. The summed E-state index contributed by atoms with van der Waals surface area (Å²) in [6, 6.07) is 9.77. The number of rotatable bonds is 7. The summed E-state index contributed by atoms with van der Waals surface area (Å²) in [5, 5.41) is 7.70. The summed E-state index contributed by atoms with van der Waals surface area (Å²) in [6.07, 6.45) is 1.55. The molecule has 138 valence electrons. The van der Waals surface area contributed by atoms with Gasteiger partial charge in [0.25, 0.3) is 0 Å². The second-order valence-corrected chi connectivity index (χ2v) is 5.96. The zero-order chi connectivity index (χ0) is 18.9. The first-order chi connectivity index (χ1) is 12.5. The summed E-state index contributed by atoms with van der Waals surface area (Å²) in [7, 11) is 1.50. The molecule has 8 heteroatoms. The highest BCUT2D eigenvalue weighted by Gasteiger charge is 2.13. The van der Waals surface area contributed by atoms with Crippen molar-refractivity contribution in [1.29, 1.82) is 0 Å². The van der Waals surface area contributed by atoms with Crippen LogP contribution in [0.5, 0.6) is 11.5 Å². The molecule has 0 aromatic heterocycles. The predicted molar refractivity (Wildman–Crippen MR) is 106 cm³/mol. The maximum Gasteiger partial charge on any atom is 0.186 e. The SMILES string of the molecule is CCNC(=S)N/N=C/c1cc(Cl)c(OCc2ccccc2F)c(OC)c1. The van der Waals surface area contributed by atoms with E-state index in [-0.39, 0.29) is 12.4 Å². The molecule has 0 heterocycles. The number of nitrogens with zero attached hydrogens (tertiary/aromatic N) is 1. The van der Waals surface area contributed by atoms with Crippen molar-refractivity contribution < 1.29 is 13.9 Å². The van der Waals surface area contributed by atoms with Crippen LogP contribution in [-0.2, 0) is 6.61 Å². The molecular weight excluding hydrogens is 377 g/mol. The molecule has 26 heavy (non-hydrogen) atoms. The summed E-state index contributed by atoms with van der Waals surface area (Å²) in [6.45, 7) is 2.67. The van der Waals surface area contributed by atoms with Crippen LogP contribution >= 0.6 is 23.8 Å². The molecule has 0 aliphatic rings. The molecular formula is C18H19ClFN3O2S. The largest absolute Gasteiger partial charge is 0.493 e. The van der Waals surface area contributed by atoms with E-state index in [0.29, 0.717) is 39.3 Å². The van der Waals surface area contributed by atoms with Crippen LogP contribution in [0.25, 0.3) is 0 Å². The fourth-order valence-corrected chi connectivity index (χ4v) is 2.56. The van der Waals surface area contributed by atoms with Crippen molar-refractivity contribution in [3.8, 4) is 11.5 Å². The summed E-state index contributed by atoms with van der Waals surface area (Å²) in [5.41, 5.74) is 3.81. The van der Waals surface area contributed by atoms with Crippen molar-refractivity contribution >= 4 is 35.1 Å². The van der Waals surface area contributed by atoms with Gasteiger partial charge in [-0.3, -0.25) is 5.43 Å². The van der Waals surface area contributed by atoms with E-state index < -0.39 is 0 Å². The van der Waals surface area contributed by atoms with E-state index >= 15 is 0 Å². The first-order valence-corrected chi connectivity index (χ1v) is 8.64. The Bertz CT molecular complexity index is 802. The van der Waals surface area contributed by atoms with Crippen molar-refractivity contribution in [3.63, 3.8) is 0 Å². The third-order valence-electron chi connectivity index (χ3n) is 3.30. The van der Waals surface area contributed by atoms with E-state index in [1.165, 1.54) is 13.2 Å². The van der Waals surface area contributed by atoms with Crippen LogP contribution in [-0.4, -0.2) is 25.0 Å². The number of hydrazone groups is 1. The van der Waals surface area contributed by atoms with Gasteiger partial charge in [0.15, 0.2) is 16.6 Å². The normalized spacial score (nSPS) is 10.6. The lowest BCUT2D eigenvalue weighted by Crippen LogP contribution is -2.31. The molecule has 0 aliphatic carbocycles. The molecule has 2 rings (SSSR count). The number of hydrogen-bond acceptors (Lipinski definition) is 4. The van der Waals surface area contributed by atoms with Crippen LogP contribution < -0.4 is 20.2 Å². The monoisotopic (exact) mass is 395 g/mol. The van der Waals surface area contributed by atoms with Gasteiger partial charge in [0.1, 0.15) is 12.4 Å². The second kappa shape index (κ2) is 9.94. The number of methoxy groups -OCH3 is 1. The number of ether oxygens (including phenoxy) is 2. The van der Waals surface area contributed by atoms with Gasteiger partial charge in [0, 0.05) is 12.1 Å². The average Bonchev–Trinajstić information content (AvgIpc) is 2.62. The van der Waals surface area contributed by atoms with Gasteiger partial charge in [-0.15, -0.1) is 0 Å². The molecule has 0 amide bonds. The molecule has 0 saturated carbocycles.